The van der Waals surface area contributed by atoms with Gasteiger partial charge in [0.1, 0.15) is 5.76 Å². The first kappa shape index (κ1) is 28.3. The molecule has 1 fully saturated rings. The Morgan fingerprint density at radius 3 is 2.51 bits per heavy atom. The number of aromatic nitrogens is 2. The van der Waals surface area contributed by atoms with Crippen LogP contribution in [0.3, 0.4) is 0 Å². The first-order valence-corrected chi connectivity index (χ1v) is 14.5. The number of carbonyl (C=O) groups is 2. The molecule has 2 aromatic carbocycles. The molecule has 1 saturated heterocycles. The van der Waals surface area contributed by atoms with Gasteiger partial charge >= 0.3 is 5.91 Å². The second kappa shape index (κ2) is 11.7. The number of ketones is 1. The molecule has 4 aromatic rings. The minimum atomic E-state index is -0.936. The summed E-state index contributed by atoms with van der Waals surface area (Å²) in [6, 6.07) is 11.7. The first-order valence-electron chi connectivity index (χ1n) is 13.7. The molecular formula is C32H33N3O5S. The molecule has 1 amide bonds. The van der Waals surface area contributed by atoms with Crippen LogP contribution in [0.4, 0.5) is 5.13 Å². The van der Waals surface area contributed by atoms with Crippen molar-refractivity contribution in [1.29, 1.82) is 0 Å². The number of rotatable bonds is 9. The van der Waals surface area contributed by atoms with E-state index in [0.29, 0.717) is 46.9 Å². The number of hydrogen-bond acceptors (Lipinski definition) is 8. The molecule has 0 aliphatic carbocycles. The lowest BCUT2D eigenvalue weighted by molar-refractivity contribution is -0.132. The number of anilines is 1. The van der Waals surface area contributed by atoms with Crippen molar-refractivity contribution in [3.05, 3.63) is 82.7 Å². The van der Waals surface area contributed by atoms with Crippen molar-refractivity contribution in [3.8, 4) is 11.5 Å². The number of carbonyl (C=O) groups excluding carboxylic acids is 2. The van der Waals surface area contributed by atoms with Crippen LogP contribution in [0.1, 0.15) is 55.5 Å². The highest BCUT2D eigenvalue weighted by molar-refractivity contribution is 7.22. The molecule has 1 unspecified atom stereocenters. The van der Waals surface area contributed by atoms with Crippen LogP contribution in [-0.4, -0.2) is 40.0 Å². The highest BCUT2D eigenvalue weighted by Crippen LogP contribution is 2.46. The Bertz CT molecular complexity index is 1640. The second-order valence-electron chi connectivity index (χ2n) is 10.5. The Morgan fingerprint density at radius 1 is 1.05 bits per heavy atom. The number of aliphatic hydroxyl groups is 1. The number of pyridine rings is 1. The number of aliphatic hydroxyl groups excluding tert-OH is 1. The fourth-order valence-corrected chi connectivity index (χ4v) is 6.13. The zero-order valence-corrected chi connectivity index (χ0v) is 24.6. The van der Waals surface area contributed by atoms with Crippen LogP contribution >= 0.6 is 11.3 Å². The highest BCUT2D eigenvalue weighted by Gasteiger charge is 2.48. The lowest BCUT2D eigenvalue weighted by Gasteiger charge is -2.24. The molecule has 2 aromatic heterocycles. The number of nitrogens with zero attached hydrogens (tertiary/aromatic N) is 3. The number of aryl methyl sites for hydroxylation is 2. The van der Waals surface area contributed by atoms with Gasteiger partial charge in [0.05, 0.1) is 35.0 Å². The lowest BCUT2D eigenvalue weighted by Crippen LogP contribution is -2.29. The van der Waals surface area contributed by atoms with Crippen LogP contribution < -0.4 is 14.4 Å². The summed E-state index contributed by atoms with van der Waals surface area (Å²) in [6.07, 6.45) is 3.93. The summed E-state index contributed by atoms with van der Waals surface area (Å²) in [5, 5.41) is 11.8. The summed E-state index contributed by atoms with van der Waals surface area (Å²) in [5.41, 5.74) is 3.78. The number of fused-ring (bicyclic) bond motifs is 1. The Labute approximate surface area is 243 Å². The molecule has 8 nitrogen and oxygen atoms in total. The monoisotopic (exact) mass is 571 g/mol. The molecule has 1 N–H and O–H groups in total. The number of ether oxygens (including phenoxy) is 2. The van der Waals surface area contributed by atoms with Gasteiger partial charge in [-0.05, 0) is 80.1 Å². The quantitative estimate of drug-likeness (QED) is 0.135. The maximum Gasteiger partial charge on any atom is 0.301 e. The SMILES string of the molecule is CCOc1cc(C2/C(=C(\O)c3ccncc3)C(=O)C(=O)N2c2nc3c(C)cc(C)cc3s2)ccc1OCCC(C)C. The normalized spacial score (nSPS) is 16.6. The fourth-order valence-electron chi connectivity index (χ4n) is 4.96. The molecule has 1 aliphatic rings. The summed E-state index contributed by atoms with van der Waals surface area (Å²) in [6.45, 7) is 11.1. The number of hydrogen-bond donors (Lipinski definition) is 1. The van der Waals surface area contributed by atoms with Gasteiger partial charge in [0.15, 0.2) is 16.6 Å². The average molecular weight is 572 g/mol. The van der Waals surface area contributed by atoms with E-state index in [1.807, 2.05) is 32.9 Å². The van der Waals surface area contributed by atoms with Gasteiger partial charge in [-0.2, -0.15) is 0 Å². The van der Waals surface area contributed by atoms with Gasteiger partial charge < -0.3 is 14.6 Å². The molecule has 41 heavy (non-hydrogen) atoms. The molecule has 0 saturated carbocycles. The minimum absolute atomic E-state index is 0.0238. The van der Waals surface area contributed by atoms with Crippen molar-refractivity contribution in [2.75, 3.05) is 18.1 Å². The van der Waals surface area contributed by atoms with Crippen LogP contribution in [0.5, 0.6) is 11.5 Å². The lowest BCUT2D eigenvalue weighted by atomic mass is 9.95. The summed E-state index contributed by atoms with van der Waals surface area (Å²) in [4.78, 5) is 37.5. The molecule has 9 heteroatoms. The molecule has 1 atom stereocenters. The van der Waals surface area contributed by atoms with E-state index in [0.717, 1.165) is 27.8 Å². The van der Waals surface area contributed by atoms with Gasteiger partial charge in [0, 0.05) is 18.0 Å². The smallest absolute Gasteiger partial charge is 0.301 e. The van der Waals surface area contributed by atoms with Gasteiger partial charge in [-0.1, -0.05) is 37.3 Å². The van der Waals surface area contributed by atoms with E-state index in [9.17, 15) is 14.7 Å². The van der Waals surface area contributed by atoms with Crippen LogP contribution in [0, 0.1) is 19.8 Å². The first-order chi connectivity index (χ1) is 19.7. The van der Waals surface area contributed by atoms with Gasteiger partial charge in [0.25, 0.3) is 5.78 Å². The van der Waals surface area contributed by atoms with Crippen molar-refractivity contribution in [1.82, 2.24) is 9.97 Å². The van der Waals surface area contributed by atoms with Crippen molar-refractivity contribution >= 4 is 44.1 Å². The Kier molecular flexibility index (Phi) is 8.08. The van der Waals surface area contributed by atoms with Gasteiger partial charge in [-0.15, -0.1) is 0 Å². The topological polar surface area (TPSA) is 102 Å². The Morgan fingerprint density at radius 2 is 1.80 bits per heavy atom. The maximum absolute atomic E-state index is 13.7. The third-order valence-corrected chi connectivity index (χ3v) is 7.96. The summed E-state index contributed by atoms with van der Waals surface area (Å²) < 4.78 is 12.9. The Hall–Kier alpha value is -4.24. The van der Waals surface area contributed by atoms with Gasteiger partial charge in [0.2, 0.25) is 0 Å². The summed E-state index contributed by atoms with van der Waals surface area (Å²) in [5.74, 6) is -0.256. The maximum atomic E-state index is 13.7. The zero-order chi connectivity index (χ0) is 29.3. The second-order valence-corrected chi connectivity index (χ2v) is 11.5. The third-order valence-electron chi connectivity index (χ3n) is 6.96. The summed E-state index contributed by atoms with van der Waals surface area (Å²) in [7, 11) is 0. The molecule has 5 rings (SSSR count). The van der Waals surface area contributed by atoms with Crippen LogP contribution in [0.25, 0.3) is 16.0 Å². The standard InChI is InChI=1S/C32H33N3O5S/c1-6-39-24-17-22(7-8-23(24)40-14-11-18(2)3)28-26(29(36)21-9-12-33-13-10-21)30(37)31(38)35(28)32-34-27-20(5)15-19(4)16-25(27)41-32/h7-10,12-13,15-18,28,36H,6,11,14H2,1-5H3/b29-26+. The number of Topliss-reactive ketones (excluding diaryl/α,β-unsaturated/α-hetero) is 1. The molecule has 212 valence electrons. The Balaban J connectivity index is 1.68. The van der Waals surface area contributed by atoms with Gasteiger partial charge in [-0.25, -0.2) is 4.98 Å². The third kappa shape index (κ3) is 5.54. The molecule has 3 heterocycles. The predicted molar refractivity (Wildman–Crippen MR) is 161 cm³/mol. The van der Waals surface area contributed by atoms with Crippen LogP contribution in [-0.2, 0) is 9.59 Å². The molecule has 0 spiro atoms. The number of benzene rings is 2. The van der Waals surface area contributed by atoms with E-state index in [-0.39, 0.29) is 11.3 Å². The van der Waals surface area contributed by atoms with E-state index in [1.165, 1.54) is 28.6 Å². The van der Waals surface area contributed by atoms with E-state index in [1.54, 1.807) is 30.3 Å². The van der Waals surface area contributed by atoms with Gasteiger partial charge in [-0.3, -0.25) is 19.5 Å². The van der Waals surface area contributed by atoms with E-state index < -0.39 is 17.7 Å². The van der Waals surface area contributed by atoms with Crippen LogP contribution in [0.15, 0.2) is 60.4 Å². The molecular weight excluding hydrogens is 538 g/mol. The summed E-state index contributed by atoms with van der Waals surface area (Å²) >= 11 is 1.34. The number of amides is 1. The highest BCUT2D eigenvalue weighted by atomic mass is 32.1. The van der Waals surface area contributed by atoms with E-state index in [2.05, 4.69) is 18.8 Å². The minimum Gasteiger partial charge on any atom is -0.507 e. The average Bonchev–Trinajstić information content (AvgIpc) is 3.48. The van der Waals surface area contributed by atoms with Crippen molar-refractivity contribution in [2.24, 2.45) is 5.92 Å². The predicted octanol–water partition coefficient (Wildman–Crippen LogP) is 6.76. The van der Waals surface area contributed by atoms with Crippen molar-refractivity contribution < 1.29 is 24.2 Å². The molecule has 0 bridgehead atoms. The van der Waals surface area contributed by atoms with Crippen LogP contribution in [0.2, 0.25) is 0 Å². The zero-order valence-electron chi connectivity index (χ0n) is 23.8. The van der Waals surface area contributed by atoms with E-state index >= 15 is 0 Å². The largest absolute Gasteiger partial charge is 0.507 e. The van der Waals surface area contributed by atoms with Crippen molar-refractivity contribution in [2.45, 2.75) is 47.1 Å². The van der Waals surface area contributed by atoms with E-state index in [4.69, 9.17) is 14.5 Å². The van der Waals surface area contributed by atoms with Crippen molar-refractivity contribution in [3.63, 3.8) is 0 Å². The molecule has 0 radical (unpaired) electrons. The molecule has 1 aliphatic heterocycles. The number of thiazole rings is 1. The fraction of sp³-hybridized carbons (Fsp3) is 0.312.